The Bertz CT molecular complexity index is 930. The van der Waals surface area contributed by atoms with Gasteiger partial charge in [-0.1, -0.05) is 30.3 Å². The second-order valence-electron chi connectivity index (χ2n) is 7.60. The molecule has 1 aromatic carbocycles. The molecule has 13 nitrogen and oxygen atoms in total. The molecule has 0 heterocycles. The molecule has 0 aromatic heterocycles. The van der Waals surface area contributed by atoms with Gasteiger partial charge in [0.1, 0.15) is 18.1 Å². The molecule has 192 valence electrons. The summed E-state index contributed by atoms with van der Waals surface area (Å²) >= 11 is 3.95. The van der Waals surface area contributed by atoms with E-state index in [1.54, 1.807) is 30.3 Å². The molecule has 0 bridgehead atoms. The van der Waals surface area contributed by atoms with Gasteiger partial charge in [-0.2, -0.15) is 12.6 Å². The maximum Gasteiger partial charge on any atom is 0.326 e. The van der Waals surface area contributed by atoms with Crippen LogP contribution in [0.15, 0.2) is 30.3 Å². The Kier molecular flexibility index (Phi) is 12.2. The maximum absolute atomic E-state index is 13.0. The van der Waals surface area contributed by atoms with Gasteiger partial charge in [0.2, 0.25) is 23.6 Å². The van der Waals surface area contributed by atoms with Crippen LogP contribution in [0, 0.1) is 0 Å². The predicted octanol–water partition coefficient (Wildman–Crippen LogP) is -2.23. The van der Waals surface area contributed by atoms with Gasteiger partial charge >= 0.3 is 11.9 Å². The first-order chi connectivity index (χ1) is 16.4. The van der Waals surface area contributed by atoms with Gasteiger partial charge in [0.05, 0.1) is 12.5 Å². The van der Waals surface area contributed by atoms with Crippen LogP contribution in [0.4, 0.5) is 0 Å². The van der Waals surface area contributed by atoms with Crippen molar-refractivity contribution in [1.82, 2.24) is 16.0 Å². The van der Waals surface area contributed by atoms with Gasteiger partial charge in [-0.15, -0.1) is 0 Å². The van der Waals surface area contributed by atoms with Gasteiger partial charge in [-0.3, -0.25) is 24.0 Å². The van der Waals surface area contributed by atoms with Crippen LogP contribution in [0.25, 0.3) is 0 Å². The van der Waals surface area contributed by atoms with Gasteiger partial charge in [0.25, 0.3) is 0 Å². The molecule has 0 saturated heterocycles. The van der Waals surface area contributed by atoms with Crippen molar-refractivity contribution in [2.24, 2.45) is 11.5 Å². The van der Waals surface area contributed by atoms with Crippen molar-refractivity contribution in [2.45, 2.75) is 49.9 Å². The van der Waals surface area contributed by atoms with Crippen LogP contribution in [0.2, 0.25) is 0 Å². The second kappa shape index (κ2) is 14.6. The zero-order valence-electron chi connectivity index (χ0n) is 18.7. The standard InChI is InChI=1S/C21H29N5O8S/c22-12(10-35)18(30)25-14(8-11-4-2-1-3-5-11)20(32)24-13(6-7-17(28)29)19(31)26-15(21(33)34)9-16(23)27/h1-5,12-15,35H,6-10,22H2,(H2,23,27)(H,24,32)(H,25,30)(H,26,31)(H,28,29)(H,33,34). The lowest BCUT2D eigenvalue weighted by Gasteiger charge is -2.25. The maximum atomic E-state index is 13.0. The average molecular weight is 512 g/mol. The van der Waals surface area contributed by atoms with E-state index >= 15 is 0 Å². The molecule has 0 saturated carbocycles. The molecule has 0 aliphatic heterocycles. The molecular weight excluding hydrogens is 482 g/mol. The third-order valence-electron chi connectivity index (χ3n) is 4.75. The molecule has 4 unspecified atom stereocenters. The van der Waals surface area contributed by atoms with E-state index < -0.39 is 79.0 Å². The van der Waals surface area contributed by atoms with E-state index in [-0.39, 0.29) is 12.2 Å². The molecule has 0 aliphatic rings. The third kappa shape index (κ3) is 10.9. The monoisotopic (exact) mass is 511 g/mol. The number of thiol groups is 1. The number of nitrogens with one attached hydrogen (secondary N) is 3. The Morgan fingerprint density at radius 1 is 0.857 bits per heavy atom. The largest absolute Gasteiger partial charge is 0.481 e. The molecule has 1 rings (SSSR count). The lowest BCUT2D eigenvalue weighted by Crippen LogP contribution is -2.58. The minimum absolute atomic E-state index is 0.00555. The normalized spacial score (nSPS) is 14.0. The molecule has 4 atom stereocenters. The number of carbonyl (C=O) groups excluding carboxylic acids is 4. The highest BCUT2D eigenvalue weighted by atomic mass is 32.1. The molecule has 0 aliphatic carbocycles. The van der Waals surface area contributed by atoms with Gasteiger partial charge in [-0.05, 0) is 12.0 Å². The van der Waals surface area contributed by atoms with Gasteiger partial charge in [-0.25, -0.2) is 4.79 Å². The second-order valence-corrected chi connectivity index (χ2v) is 7.97. The number of carbonyl (C=O) groups is 6. The number of hydrogen-bond acceptors (Lipinski definition) is 8. The summed E-state index contributed by atoms with van der Waals surface area (Å²) in [6.45, 7) is 0. The van der Waals surface area contributed by atoms with E-state index in [0.717, 1.165) is 0 Å². The van der Waals surface area contributed by atoms with Crippen molar-refractivity contribution < 1.29 is 39.0 Å². The number of hydrogen-bond donors (Lipinski definition) is 8. The Balaban J connectivity index is 3.11. The number of carboxylic acids is 2. The first kappa shape index (κ1) is 29.4. The summed E-state index contributed by atoms with van der Waals surface area (Å²) in [5.74, 6) is -6.34. The highest BCUT2D eigenvalue weighted by molar-refractivity contribution is 7.80. The quantitative estimate of drug-likeness (QED) is 0.119. The van der Waals surface area contributed by atoms with Gasteiger partial charge in [0, 0.05) is 18.6 Å². The first-order valence-electron chi connectivity index (χ1n) is 10.5. The number of carboxylic acid groups (broad SMARTS) is 2. The molecule has 14 heteroatoms. The molecule has 0 radical (unpaired) electrons. The van der Waals surface area contributed by atoms with E-state index in [1.807, 2.05) is 0 Å². The van der Waals surface area contributed by atoms with E-state index in [0.29, 0.717) is 5.56 Å². The number of benzene rings is 1. The number of primary amides is 1. The fourth-order valence-electron chi connectivity index (χ4n) is 2.90. The van der Waals surface area contributed by atoms with Crippen LogP contribution in [0.5, 0.6) is 0 Å². The summed E-state index contributed by atoms with van der Waals surface area (Å²) in [6.07, 6.45) is -1.62. The van der Waals surface area contributed by atoms with Crippen LogP contribution < -0.4 is 27.4 Å². The van der Waals surface area contributed by atoms with E-state index in [1.165, 1.54) is 0 Å². The molecule has 9 N–H and O–H groups in total. The SMILES string of the molecule is NC(=O)CC(NC(=O)C(CCC(=O)O)NC(=O)C(Cc1ccccc1)NC(=O)C(N)CS)C(=O)O. The average Bonchev–Trinajstić information content (AvgIpc) is 2.80. The Hall–Kier alpha value is -3.65. The zero-order chi connectivity index (χ0) is 26.5. The van der Waals surface area contributed by atoms with Crippen molar-refractivity contribution in [2.75, 3.05) is 5.75 Å². The van der Waals surface area contributed by atoms with Crippen LogP contribution in [-0.2, 0) is 35.2 Å². The molecule has 1 aromatic rings. The fraction of sp³-hybridized carbons (Fsp3) is 0.429. The van der Waals surface area contributed by atoms with Crippen molar-refractivity contribution in [3.8, 4) is 0 Å². The van der Waals surface area contributed by atoms with Crippen molar-refractivity contribution >= 4 is 48.2 Å². The third-order valence-corrected chi connectivity index (χ3v) is 5.14. The van der Waals surface area contributed by atoms with Crippen LogP contribution in [0.1, 0.15) is 24.8 Å². The highest BCUT2D eigenvalue weighted by Crippen LogP contribution is 2.07. The van der Waals surface area contributed by atoms with Crippen molar-refractivity contribution in [3.63, 3.8) is 0 Å². The highest BCUT2D eigenvalue weighted by Gasteiger charge is 2.31. The topological polar surface area (TPSA) is 231 Å². The summed E-state index contributed by atoms with van der Waals surface area (Å²) < 4.78 is 0. The summed E-state index contributed by atoms with van der Waals surface area (Å²) in [5.41, 5.74) is 11.3. The molecule has 35 heavy (non-hydrogen) atoms. The minimum atomic E-state index is -1.68. The van der Waals surface area contributed by atoms with Crippen molar-refractivity contribution in [1.29, 1.82) is 0 Å². The smallest absolute Gasteiger partial charge is 0.326 e. The molecular formula is C21H29N5O8S. The van der Waals surface area contributed by atoms with Gasteiger partial charge in [0.15, 0.2) is 0 Å². The summed E-state index contributed by atoms with van der Waals surface area (Å²) in [7, 11) is 0. The number of rotatable bonds is 15. The predicted molar refractivity (Wildman–Crippen MR) is 126 cm³/mol. The van der Waals surface area contributed by atoms with Crippen LogP contribution in [-0.4, -0.2) is 75.7 Å². The number of amides is 4. The Labute approximate surface area is 206 Å². The molecule has 4 amide bonds. The van der Waals surface area contributed by atoms with Crippen molar-refractivity contribution in [3.05, 3.63) is 35.9 Å². The lowest BCUT2D eigenvalue weighted by molar-refractivity contribution is -0.144. The summed E-state index contributed by atoms with van der Waals surface area (Å²) in [4.78, 5) is 71.5. The van der Waals surface area contributed by atoms with Gasteiger partial charge < -0.3 is 37.6 Å². The Morgan fingerprint density at radius 2 is 1.40 bits per heavy atom. The molecule has 0 fully saturated rings. The lowest BCUT2D eigenvalue weighted by atomic mass is 10.0. The van der Waals surface area contributed by atoms with E-state index in [2.05, 4.69) is 28.6 Å². The zero-order valence-corrected chi connectivity index (χ0v) is 19.6. The Morgan fingerprint density at radius 3 is 1.91 bits per heavy atom. The first-order valence-corrected chi connectivity index (χ1v) is 11.1. The number of aliphatic carboxylic acids is 2. The van der Waals surface area contributed by atoms with E-state index in [9.17, 15) is 33.9 Å². The molecule has 0 spiro atoms. The number of nitrogens with two attached hydrogens (primary N) is 2. The van der Waals surface area contributed by atoms with E-state index in [4.69, 9.17) is 16.6 Å². The van der Waals surface area contributed by atoms with Crippen LogP contribution >= 0.6 is 12.6 Å². The summed E-state index contributed by atoms with van der Waals surface area (Å²) in [5, 5.41) is 25.1. The summed E-state index contributed by atoms with van der Waals surface area (Å²) in [6, 6.07) is 3.24. The minimum Gasteiger partial charge on any atom is -0.481 e. The van der Waals surface area contributed by atoms with Crippen LogP contribution in [0.3, 0.4) is 0 Å². The fourth-order valence-corrected chi connectivity index (χ4v) is 3.07.